The lowest BCUT2D eigenvalue weighted by atomic mass is 9.98. The van der Waals surface area contributed by atoms with Crippen molar-refractivity contribution in [3.63, 3.8) is 0 Å². The number of alkyl carbamates (subject to hydrolysis) is 1. The number of nitro benzene ring substituents is 1. The van der Waals surface area contributed by atoms with E-state index >= 15 is 0 Å². The molecule has 1 N–H and O–H groups in total. The standard InChI is InChI=1S/C24H19FN2O4/c25-23-16(7-5-13-22(23)27(29)30)8-6-14-26-24(28)31-15-21-19-11-3-1-9-17(19)18-10-2-4-12-20(18)21/h1-13,21H,14-15H2,(H,26,28). The highest BCUT2D eigenvalue weighted by atomic mass is 19.1. The van der Waals surface area contributed by atoms with Crippen LogP contribution in [0.4, 0.5) is 14.9 Å². The fourth-order valence-corrected chi connectivity index (χ4v) is 3.78. The van der Waals surface area contributed by atoms with Crippen molar-refractivity contribution in [2.75, 3.05) is 13.2 Å². The molecule has 0 bridgehead atoms. The molecular formula is C24H19FN2O4. The Morgan fingerprint density at radius 1 is 1.03 bits per heavy atom. The predicted octanol–water partition coefficient (Wildman–Crippen LogP) is 5.29. The number of nitro groups is 1. The first-order chi connectivity index (χ1) is 15.1. The Balaban J connectivity index is 1.34. The Bertz CT molecular complexity index is 1130. The number of carbonyl (C=O) groups is 1. The maximum absolute atomic E-state index is 14.0. The van der Waals surface area contributed by atoms with Crippen molar-refractivity contribution in [2.45, 2.75) is 5.92 Å². The molecule has 4 rings (SSSR count). The molecule has 0 saturated carbocycles. The minimum atomic E-state index is -0.912. The lowest BCUT2D eigenvalue weighted by Crippen LogP contribution is -2.26. The van der Waals surface area contributed by atoms with Crippen LogP contribution >= 0.6 is 0 Å². The third kappa shape index (κ3) is 4.16. The summed E-state index contributed by atoms with van der Waals surface area (Å²) in [5.74, 6) is -0.947. The molecule has 0 unspecified atom stereocenters. The van der Waals surface area contributed by atoms with Gasteiger partial charge in [-0.3, -0.25) is 10.1 Å². The zero-order chi connectivity index (χ0) is 21.8. The van der Waals surface area contributed by atoms with Crippen LogP contribution in [0.2, 0.25) is 0 Å². The molecule has 1 amide bonds. The van der Waals surface area contributed by atoms with Crippen LogP contribution in [0.15, 0.2) is 72.8 Å². The molecule has 0 aliphatic heterocycles. The average molecular weight is 418 g/mol. The summed E-state index contributed by atoms with van der Waals surface area (Å²) in [5, 5.41) is 13.4. The van der Waals surface area contributed by atoms with Crippen LogP contribution in [-0.4, -0.2) is 24.2 Å². The number of benzene rings is 3. The molecule has 156 valence electrons. The number of hydrogen-bond acceptors (Lipinski definition) is 4. The van der Waals surface area contributed by atoms with E-state index in [2.05, 4.69) is 17.4 Å². The van der Waals surface area contributed by atoms with Crippen molar-refractivity contribution in [3.8, 4) is 11.1 Å². The Morgan fingerprint density at radius 2 is 1.68 bits per heavy atom. The highest BCUT2D eigenvalue weighted by molar-refractivity contribution is 5.79. The van der Waals surface area contributed by atoms with Crippen molar-refractivity contribution in [1.82, 2.24) is 5.32 Å². The molecule has 0 aromatic heterocycles. The maximum atomic E-state index is 14.0. The fraction of sp³-hybridized carbons (Fsp3) is 0.125. The summed E-state index contributed by atoms with van der Waals surface area (Å²) in [5.41, 5.74) is 4.02. The summed E-state index contributed by atoms with van der Waals surface area (Å²) in [6.07, 6.45) is 2.29. The topological polar surface area (TPSA) is 81.5 Å². The van der Waals surface area contributed by atoms with Crippen molar-refractivity contribution in [2.24, 2.45) is 0 Å². The van der Waals surface area contributed by atoms with Gasteiger partial charge in [-0.05, 0) is 22.3 Å². The van der Waals surface area contributed by atoms with Crippen LogP contribution < -0.4 is 5.32 Å². The van der Waals surface area contributed by atoms with Gasteiger partial charge in [-0.15, -0.1) is 0 Å². The molecule has 3 aromatic rings. The highest BCUT2D eigenvalue weighted by Gasteiger charge is 2.28. The van der Waals surface area contributed by atoms with Crippen LogP contribution in [0, 0.1) is 15.9 Å². The Morgan fingerprint density at radius 3 is 2.32 bits per heavy atom. The van der Waals surface area contributed by atoms with Gasteiger partial charge in [-0.25, -0.2) is 4.79 Å². The van der Waals surface area contributed by atoms with Gasteiger partial charge in [0.2, 0.25) is 5.82 Å². The van der Waals surface area contributed by atoms with Crippen molar-refractivity contribution < 1.29 is 18.8 Å². The lowest BCUT2D eigenvalue weighted by Gasteiger charge is -2.14. The molecule has 1 aliphatic carbocycles. The van der Waals surface area contributed by atoms with Crippen LogP contribution in [0.5, 0.6) is 0 Å². The number of carbonyl (C=O) groups excluding carboxylic acids is 1. The molecule has 6 nitrogen and oxygen atoms in total. The molecule has 0 saturated heterocycles. The molecule has 0 spiro atoms. The van der Waals surface area contributed by atoms with E-state index in [9.17, 15) is 19.3 Å². The van der Waals surface area contributed by atoms with E-state index in [1.54, 1.807) is 0 Å². The van der Waals surface area contributed by atoms with Gasteiger partial charge in [0.1, 0.15) is 6.61 Å². The number of fused-ring (bicyclic) bond motifs is 3. The third-order valence-electron chi connectivity index (χ3n) is 5.21. The largest absolute Gasteiger partial charge is 0.449 e. The number of nitrogens with zero attached hydrogens (tertiary/aromatic N) is 1. The van der Waals surface area contributed by atoms with Crippen LogP contribution in [-0.2, 0) is 4.74 Å². The first kappa shape index (κ1) is 20.3. The van der Waals surface area contributed by atoms with Crippen LogP contribution in [0.1, 0.15) is 22.6 Å². The van der Waals surface area contributed by atoms with Gasteiger partial charge in [0.05, 0.1) is 4.92 Å². The summed E-state index contributed by atoms with van der Waals surface area (Å²) >= 11 is 0. The summed E-state index contributed by atoms with van der Waals surface area (Å²) in [7, 11) is 0. The van der Waals surface area contributed by atoms with Gasteiger partial charge in [0.25, 0.3) is 0 Å². The quantitative estimate of drug-likeness (QED) is 0.436. The Hall–Kier alpha value is -4.00. The number of nitrogens with one attached hydrogen (secondary N) is 1. The second kappa shape index (κ2) is 8.79. The Labute approximate surface area is 178 Å². The van der Waals surface area contributed by atoms with Gasteiger partial charge < -0.3 is 10.1 Å². The molecule has 3 aromatic carbocycles. The minimum absolute atomic E-state index is 0.0346. The van der Waals surface area contributed by atoms with E-state index in [0.717, 1.165) is 28.3 Å². The number of halogens is 1. The zero-order valence-electron chi connectivity index (χ0n) is 16.5. The first-order valence-corrected chi connectivity index (χ1v) is 9.74. The second-order valence-electron chi connectivity index (χ2n) is 7.05. The number of rotatable bonds is 6. The van der Waals surface area contributed by atoms with Crippen molar-refractivity contribution in [1.29, 1.82) is 0 Å². The molecule has 0 atom stereocenters. The van der Waals surface area contributed by atoms with E-state index in [1.807, 2.05) is 36.4 Å². The maximum Gasteiger partial charge on any atom is 0.407 e. The van der Waals surface area contributed by atoms with E-state index < -0.39 is 22.5 Å². The predicted molar refractivity (Wildman–Crippen MR) is 115 cm³/mol. The zero-order valence-corrected chi connectivity index (χ0v) is 16.5. The molecule has 7 heteroatoms. The second-order valence-corrected chi connectivity index (χ2v) is 7.05. The van der Waals surface area contributed by atoms with Crippen molar-refractivity contribution in [3.05, 3.63) is 105 Å². The number of amides is 1. The van der Waals surface area contributed by atoms with Gasteiger partial charge in [-0.2, -0.15) is 4.39 Å². The SMILES string of the molecule is O=C(NCC=Cc1cccc([N+](=O)[O-])c1F)OCC1c2ccccc2-c2ccccc21. The average Bonchev–Trinajstić information content (AvgIpc) is 3.10. The van der Waals surface area contributed by atoms with E-state index in [-0.39, 0.29) is 24.6 Å². The van der Waals surface area contributed by atoms with E-state index in [1.165, 1.54) is 24.3 Å². The fourth-order valence-electron chi connectivity index (χ4n) is 3.78. The summed E-state index contributed by atoms with van der Waals surface area (Å²) in [4.78, 5) is 22.1. The van der Waals surface area contributed by atoms with Gasteiger partial charge >= 0.3 is 11.8 Å². The van der Waals surface area contributed by atoms with Gasteiger partial charge in [0, 0.05) is 24.1 Å². The highest BCUT2D eigenvalue weighted by Crippen LogP contribution is 2.44. The monoisotopic (exact) mass is 418 g/mol. The molecule has 1 aliphatic rings. The molecule has 31 heavy (non-hydrogen) atoms. The lowest BCUT2D eigenvalue weighted by molar-refractivity contribution is -0.387. The Kier molecular flexibility index (Phi) is 5.75. The molecule has 0 fully saturated rings. The normalized spacial score (nSPS) is 12.4. The first-order valence-electron chi connectivity index (χ1n) is 9.74. The summed E-state index contributed by atoms with van der Waals surface area (Å²) in [6, 6.07) is 20.0. The number of hydrogen-bond donors (Lipinski definition) is 1. The van der Waals surface area contributed by atoms with Crippen molar-refractivity contribution >= 4 is 17.9 Å². The van der Waals surface area contributed by atoms with E-state index in [0.29, 0.717) is 0 Å². The third-order valence-corrected chi connectivity index (χ3v) is 5.21. The van der Waals surface area contributed by atoms with Gasteiger partial charge in [-0.1, -0.05) is 72.8 Å². The minimum Gasteiger partial charge on any atom is -0.449 e. The number of ether oxygens (including phenoxy) is 1. The van der Waals surface area contributed by atoms with Crippen LogP contribution in [0.3, 0.4) is 0 Å². The molecule has 0 radical (unpaired) electrons. The van der Waals surface area contributed by atoms with Crippen LogP contribution in [0.25, 0.3) is 17.2 Å². The smallest absolute Gasteiger partial charge is 0.407 e. The summed E-state index contributed by atoms with van der Waals surface area (Å²) in [6.45, 7) is 0.294. The molecule has 0 heterocycles. The van der Waals surface area contributed by atoms with Gasteiger partial charge in [0.15, 0.2) is 0 Å². The van der Waals surface area contributed by atoms with E-state index in [4.69, 9.17) is 4.74 Å². The summed E-state index contributed by atoms with van der Waals surface area (Å²) < 4.78 is 19.5. The molecular weight excluding hydrogens is 399 g/mol.